The number of halogens is 2. The lowest BCUT2D eigenvalue weighted by atomic mass is 10.1. The predicted octanol–water partition coefficient (Wildman–Crippen LogP) is 5.28. The van der Waals surface area contributed by atoms with Crippen LogP contribution in [0.2, 0.25) is 0 Å². The topological polar surface area (TPSA) is 21.3 Å². The molecular weight excluding hydrogens is 370 g/mol. The summed E-state index contributed by atoms with van der Waals surface area (Å²) in [5.74, 6) is 1.68. The number of nitrogens with one attached hydrogen (secondary N) is 1. The van der Waals surface area contributed by atoms with E-state index in [0.29, 0.717) is 0 Å². The van der Waals surface area contributed by atoms with Crippen LogP contribution in [0.15, 0.2) is 51.4 Å². The summed E-state index contributed by atoms with van der Waals surface area (Å²) in [5, 5.41) is 3.24. The SMILES string of the molecule is CNC(C)c1cc(Br)ccc1Oc1cccc(Br)c1. The molecule has 0 heterocycles. The fraction of sp³-hybridized carbons (Fsp3) is 0.200. The Hall–Kier alpha value is -0.840. The minimum Gasteiger partial charge on any atom is -0.457 e. The highest BCUT2D eigenvalue weighted by Gasteiger charge is 2.11. The third-order valence-electron chi connectivity index (χ3n) is 2.90. The molecule has 1 N–H and O–H groups in total. The van der Waals surface area contributed by atoms with Gasteiger partial charge in [-0.2, -0.15) is 0 Å². The van der Waals surface area contributed by atoms with Gasteiger partial charge in [0.05, 0.1) is 0 Å². The normalized spacial score (nSPS) is 12.2. The largest absolute Gasteiger partial charge is 0.457 e. The fourth-order valence-corrected chi connectivity index (χ4v) is 2.52. The summed E-state index contributed by atoms with van der Waals surface area (Å²) in [5.41, 5.74) is 1.12. The third kappa shape index (κ3) is 3.81. The first-order valence-electron chi connectivity index (χ1n) is 6.00. The molecule has 1 unspecified atom stereocenters. The highest BCUT2D eigenvalue weighted by atomic mass is 79.9. The number of benzene rings is 2. The Morgan fingerprint density at radius 3 is 2.47 bits per heavy atom. The molecule has 0 spiro atoms. The zero-order chi connectivity index (χ0) is 13.8. The minimum absolute atomic E-state index is 0.222. The monoisotopic (exact) mass is 383 g/mol. The first-order valence-corrected chi connectivity index (χ1v) is 7.59. The fourth-order valence-electron chi connectivity index (χ4n) is 1.76. The Morgan fingerprint density at radius 2 is 1.79 bits per heavy atom. The van der Waals surface area contributed by atoms with Crippen molar-refractivity contribution in [1.29, 1.82) is 0 Å². The summed E-state index contributed by atoms with van der Waals surface area (Å²) < 4.78 is 8.03. The molecule has 0 saturated carbocycles. The van der Waals surface area contributed by atoms with Crippen molar-refractivity contribution in [1.82, 2.24) is 5.32 Å². The van der Waals surface area contributed by atoms with E-state index in [-0.39, 0.29) is 6.04 Å². The van der Waals surface area contributed by atoms with Crippen molar-refractivity contribution in [2.24, 2.45) is 0 Å². The lowest BCUT2D eigenvalue weighted by Gasteiger charge is -2.17. The molecule has 0 saturated heterocycles. The number of ether oxygens (including phenoxy) is 1. The molecule has 0 aliphatic rings. The van der Waals surface area contributed by atoms with E-state index < -0.39 is 0 Å². The predicted molar refractivity (Wildman–Crippen MR) is 85.8 cm³/mol. The third-order valence-corrected chi connectivity index (χ3v) is 3.88. The summed E-state index contributed by atoms with van der Waals surface area (Å²) in [6.45, 7) is 2.11. The van der Waals surface area contributed by atoms with Crippen molar-refractivity contribution < 1.29 is 4.74 Å². The van der Waals surface area contributed by atoms with E-state index in [1.165, 1.54) is 0 Å². The van der Waals surface area contributed by atoms with Gasteiger partial charge in [-0.05, 0) is 50.4 Å². The van der Waals surface area contributed by atoms with Crippen LogP contribution in [0.25, 0.3) is 0 Å². The maximum absolute atomic E-state index is 5.98. The van der Waals surface area contributed by atoms with Crippen LogP contribution in [0.4, 0.5) is 0 Å². The summed E-state index contributed by atoms with van der Waals surface area (Å²) in [6.07, 6.45) is 0. The highest BCUT2D eigenvalue weighted by molar-refractivity contribution is 9.10. The summed E-state index contributed by atoms with van der Waals surface area (Å²) in [4.78, 5) is 0. The van der Waals surface area contributed by atoms with Gasteiger partial charge in [-0.15, -0.1) is 0 Å². The summed E-state index contributed by atoms with van der Waals surface area (Å²) in [7, 11) is 1.94. The molecule has 0 fully saturated rings. The lowest BCUT2D eigenvalue weighted by molar-refractivity contribution is 0.466. The van der Waals surface area contributed by atoms with Crippen molar-refractivity contribution in [3.05, 3.63) is 57.0 Å². The van der Waals surface area contributed by atoms with Crippen molar-refractivity contribution in [3.63, 3.8) is 0 Å². The van der Waals surface area contributed by atoms with Gasteiger partial charge in [0, 0.05) is 20.6 Å². The second-order valence-electron chi connectivity index (χ2n) is 4.25. The van der Waals surface area contributed by atoms with Crippen LogP contribution >= 0.6 is 31.9 Å². The van der Waals surface area contributed by atoms with E-state index >= 15 is 0 Å². The summed E-state index contributed by atoms with van der Waals surface area (Å²) >= 11 is 6.95. The molecule has 0 bridgehead atoms. The first kappa shape index (κ1) is 14.6. The maximum atomic E-state index is 5.98. The van der Waals surface area contributed by atoms with Crippen LogP contribution in [-0.2, 0) is 0 Å². The van der Waals surface area contributed by atoms with Crippen LogP contribution in [0.5, 0.6) is 11.5 Å². The average Bonchev–Trinajstić information content (AvgIpc) is 2.40. The van der Waals surface area contributed by atoms with E-state index in [0.717, 1.165) is 26.0 Å². The average molecular weight is 385 g/mol. The molecular formula is C15H15Br2NO. The van der Waals surface area contributed by atoms with Gasteiger partial charge in [0.2, 0.25) is 0 Å². The van der Waals surface area contributed by atoms with Crippen LogP contribution in [0, 0.1) is 0 Å². The van der Waals surface area contributed by atoms with Crippen molar-refractivity contribution >= 4 is 31.9 Å². The second-order valence-corrected chi connectivity index (χ2v) is 6.08. The van der Waals surface area contributed by atoms with Gasteiger partial charge in [-0.25, -0.2) is 0 Å². The Bertz CT molecular complexity index is 572. The molecule has 19 heavy (non-hydrogen) atoms. The van der Waals surface area contributed by atoms with Crippen LogP contribution < -0.4 is 10.1 Å². The molecule has 0 aliphatic heterocycles. The molecule has 2 nitrogen and oxygen atoms in total. The molecule has 100 valence electrons. The zero-order valence-corrected chi connectivity index (χ0v) is 14.0. The molecule has 2 aromatic carbocycles. The van der Waals surface area contributed by atoms with E-state index in [1.807, 2.05) is 43.4 Å². The molecule has 4 heteroatoms. The van der Waals surface area contributed by atoms with Gasteiger partial charge >= 0.3 is 0 Å². The molecule has 2 aromatic rings. The Kier molecular flexibility index (Phi) is 5.02. The number of rotatable bonds is 4. The standard InChI is InChI=1S/C15H15Br2NO/c1-10(18-2)14-9-12(17)6-7-15(14)19-13-5-3-4-11(16)8-13/h3-10,18H,1-2H3. The molecule has 0 amide bonds. The Balaban J connectivity index is 2.34. The Morgan fingerprint density at radius 1 is 1.05 bits per heavy atom. The van der Waals surface area contributed by atoms with E-state index in [9.17, 15) is 0 Å². The molecule has 0 aliphatic carbocycles. The van der Waals surface area contributed by atoms with Gasteiger partial charge in [0.1, 0.15) is 11.5 Å². The van der Waals surface area contributed by atoms with Crippen molar-refractivity contribution in [2.75, 3.05) is 7.05 Å². The van der Waals surface area contributed by atoms with Gasteiger partial charge in [-0.1, -0.05) is 37.9 Å². The highest BCUT2D eigenvalue weighted by Crippen LogP contribution is 2.32. The van der Waals surface area contributed by atoms with Crippen LogP contribution in [-0.4, -0.2) is 7.05 Å². The number of hydrogen-bond donors (Lipinski definition) is 1. The van der Waals surface area contributed by atoms with Crippen LogP contribution in [0.1, 0.15) is 18.5 Å². The molecule has 0 aromatic heterocycles. The lowest BCUT2D eigenvalue weighted by Crippen LogP contribution is -2.13. The van der Waals surface area contributed by atoms with E-state index in [2.05, 4.69) is 50.2 Å². The zero-order valence-electron chi connectivity index (χ0n) is 10.8. The minimum atomic E-state index is 0.222. The van der Waals surface area contributed by atoms with Gasteiger partial charge < -0.3 is 10.1 Å². The van der Waals surface area contributed by atoms with Crippen molar-refractivity contribution in [2.45, 2.75) is 13.0 Å². The van der Waals surface area contributed by atoms with Gasteiger partial charge in [-0.3, -0.25) is 0 Å². The van der Waals surface area contributed by atoms with Gasteiger partial charge in [0.15, 0.2) is 0 Å². The Labute approximate surface area is 130 Å². The molecule has 0 radical (unpaired) electrons. The van der Waals surface area contributed by atoms with Gasteiger partial charge in [0.25, 0.3) is 0 Å². The number of hydrogen-bond acceptors (Lipinski definition) is 2. The first-order chi connectivity index (χ1) is 9.10. The van der Waals surface area contributed by atoms with Crippen LogP contribution in [0.3, 0.4) is 0 Å². The second kappa shape index (κ2) is 6.55. The smallest absolute Gasteiger partial charge is 0.132 e. The van der Waals surface area contributed by atoms with E-state index in [4.69, 9.17) is 4.74 Å². The maximum Gasteiger partial charge on any atom is 0.132 e. The quantitative estimate of drug-likeness (QED) is 0.773. The molecule has 2 rings (SSSR count). The van der Waals surface area contributed by atoms with E-state index in [1.54, 1.807) is 0 Å². The molecule has 1 atom stereocenters. The summed E-state index contributed by atoms with van der Waals surface area (Å²) in [6, 6.07) is 14.1. The van der Waals surface area contributed by atoms with Crippen molar-refractivity contribution in [3.8, 4) is 11.5 Å².